The van der Waals surface area contributed by atoms with Gasteiger partial charge in [-0.1, -0.05) is 49.3 Å². The Balaban J connectivity index is 1.25. The van der Waals surface area contributed by atoms with E-state index in [4.69, 9.17) is 14.2 Å². The van der Waals surface area contributed by atoms with E-state index in [1.165, 1.54) is 29.0 Å². The second-order valence-corrected chi connectivity index (χ2v) is 17.8. The number of carbonyl (C=O) groups is 5. The maximum absolute atomic E-state index is 14.5. The van der Waals surface area contributed by atoms with Gasteiger partial charge in [0.05, 0.1) is 26.0 Å². The summed E-state index contributed by atoms with van der Waals surface area (Å²) in [5.41, 5.74) is -1.12. The zero-order chi connectivity index (χ0) is 41.1. The highest BCUT2D eigenvalue weighted by atomic mass is 32.2. The number of allylic oxidation sites excluding steroid dienone is 1. The third-order valence-electron chi connectivity index (χ3n) is 10.5. The van der Waals surface area contributed by atoms with Crippen molar-refractivity contribution in [1.29, 1.82) is 0 Å². The molecule has 6 rings (SSSR count). The molecule has 5 amide bonds. The van der Waals surface area contributed by atoms with Gasteiger partial charge in [0.1, 0.15) is 40.9 Å². The average molecular weight is 812 g/mol. The molecule has 0 aromatic heterocycles. The van der Waals surface area contributed by atoms with Gasteiger partial charge in [-0.2, -0.15) is 0 Å². The highest BCUT2D eigenvalue weighted by molar-refractivity contribution is 7.89. The molecule has 3 heterocycles. The van der Waals surface area contributed by atoms with E-state index in [2.05, 4.69) is 15.4 Å². The summed E-state index contributed by atoms with van der Waals surface area (Å²) in [6.45, 7) is 4.93. The van der Waals surface area contributed by atoms with E-state index in [-0.39, 0.29) is 38.9 Å². The number of nitrogens with zero attached hydrogens (tertiary/aromatic N) is 2. The highest BCUT2D eigenvalue weighted by Crippen LogP contribution is 2.46. The molecule has 2 aromatic carbocycles. The van der Waals surface area contributed by atoms with E-state index >= 15 is 0 Å². The molecule has 17 heteroatoms. The second kappa shape index (κ2) is 16.7. The van der Waals surface area contributed by atoms with Gasteiger partial charge in [0.25, 0.3) is 5.91 Å². The SMILES string of the molecule is COc1cccc(CS(=O)(=O)NC(=O)[C@@]23C[C@H]2/C=C\CCCCC[C@H](NC(=O)OC(C)(C)C)C(=O)N2C[C@H](OC(=O)N4Cc5cccc(F)c5C4)C[C@H]2C(=O)N3)c1. The normalized spacial score (nSPS) is 25.7. The van der Waals surface area contributed by atoms with Gasteiger partial charge in [-0.25, -0.2) is 22.4 Å². The topological polar surface area (TPSA) is 190 Å². The number of nitrogens with one attached hydrogen (secondary N) is 3. The Morgan fingerprint density at radius 3 is 2.56 bits per heavy atom. The van der Waals surface area contributed by atoms with Gasteiger partial charge < -0.3 is 29.7 Å². The smallest absolute Gasteiger partial charge is 0.410 e. The maximum Gasteiger partial charge on any atom is 0.410 e. The molecule has 3 aliphatic heterocycles. The van der Waals surface area contributed by atoms with Crippen LogP contribution in [-0.4, -0.2) is 91.1 Å². The summed E-state index contributed by atoms with van der Waals surface area (Å²) >= 11 is 0. The van der Waals surface area contributed by atoms with Crippen molar-refractivity contribution in [2.75, 3.05) is 13.7 Å². The third kappa shape index (κ3) is 10.0. The number of benzene rings is 2. The van der Waals surface area contributed by atoms with Crippen LogP contribution < -0.4 is 20.1 Å². The number of sulfonamides is 1. The molecule has 3 N–H and O–H groups in total. The molecule has 2 aromatic rings. The van der Waals surface area contributed by atoms with Gasteiger partial charge in [0.2, 0.25) is 21.8 Å². The van der Waals surface area contributed by atoms with Crippen LogP contribution in [0.5, 0.6) is 5.75 Å². The zero-order valence-corrected chi connectivity index (χ0v) is 33.4. The maximum atomic E-state index is 14.5. The van der Waals surface area contributed by atoms with Crippen molar-refractivity contribution in [3.05, 3.63) is 77.1 Å². The first-order valence-electron chi connectivity index (χ1n) is 19.2. The van der Waals surface area contributed by atoms with Crippen LogP contribution in [-0.2, 0) is 52.7 Å². The van der Waals surface area contributed by atoms with Gasteiger partial charge in [0, 0.05) is 24.4 Å². The lowest BCUT2D eigenvalue weighted by molar-refractivity contribution is -0.141. The highest BCUT2D eigenvalue weighted by Gasteiger charge is 2.61. The predicted octanol–water partition coefficient (Wildman–Crippen LogP) is 4.19. The standard InChI is InChI=1S/C40H50FN5O10S/c1-39(2,3)56-37(50)42-32-17-9-7-5-6-8-14-27-20-40(27,36(49)44-57(52,53)24-25-12-10-15-28(18-25)54-4)43-34(47)33-19-29(22-46(33)35(32)48)55-38(51)45-21-26-13-11-16-31(41)30(26)23-45/h8,10-16,18,27,29,32-33H,5-7,9,17,19-24H2,1-4H3,(H,42,50)(H,43,47)(H,44,49)/b14-8-/t27-,29-,32+,33+,40-/m1/s1. The Hall–Kier alpha value is -5.19. The summed E-state index contributed by atoms with van der Waals surface area (Å²) in [7, 11) is -2.80. The fourth-order valence-electron chi connectivity index (χ4n) is 7.59. The van der Waals surface area contributed by atoms with E-state index in [9.17, 15) is 36.8 Å². The first-order valence-corrected chi connectivity index (χ1v) is 20.8. The monoisotopic (exact) mass is 811 g/mol. The largest absolute Gasteiger partial charge is 0.497 e. The quantitative estimate of drug-likeness (QED) is 0.342. The van der Waals surface area contributed by atoms with Crippen LogP contribution in [0.4, 0.5) is 14.0 Å². The van der Waals surface area contributed by atoms with Crippen LogP contribution >= 0.6 is 0 Å². The summed E-state index contributed by atoms with van der Waals surface area (Å²) in [5, 5.41) is 5.45. The molecule has 1 saturated carbocycles. The van der Waals surface area contributed by atoms with Gasteiger partial charge in [0.15, 0.2) is 0 Å². The van der Waals surface area contributed by atoms with Crippen LogP contribution in [0.1, 0.15) is 82.4 Å². The summed E-state index contributed by atoms with van der Waals surface area (Å²) in [6.07, 6.45) is 3.88. The van der Waals surface area contributed by atoms with E-state index < -0.39 is 86.7 Å². The number of methoxy groups -OCH3 is 1. The summed E-state index contributed by atoms with van der Waals surface area (Å²) in [4.78, 5) is 71.6. The number of fused-ring (bicyclic) bond motifs is 3. The number of carbonyl (C=O) groups excluding carboxylic acids is 5. The summed E-state index contributed by atoms with van der Waals surface area (Å²) in [5.74, 6) is -3.39. The predicted molar refractivity (Wildman–Crippen MR) is 204 cm³/mol. The Labute approximate surface area is 331 Å². The third-order valence-corrected chi connectivity index (χ3v) is 11.7. The number of alkyl carbamates (subject to hydrolysis) is 1. The van der Waals surface area contributed by atoms with Crippen LogP contribution in [0.15, 0.2) is 54.6 Å². The average Bonchev–Trinajstić information content (AvgIpc) is 3.42. The Morgan fingerprint density at radius 2 is 1.82 bits per heavy atom. The molecular weight excluding hydrogens is 762 g/mol. The molecule has 4 aliphatic rings. The van der Waals surface area contributed by atoms with Crippen LogP contribution in [0.3, 0.4) is 0 Å². The number of ether oxygens (including phenoxy) is 3. The van der Waals surface area contributed by atoms with E-state index in [1.807, 2.05) is 6.08 Å². The first kappa shape index (κ1) is 41.4. The van der Waals surface area contributed by atoms with Crippen molar-refractivity contribution >= 4 is 39.9 Å². The molecule has 15 nitrogen and oxygen atoms in total. The van der Waals surface area contributed by atoms with Crippen molar-refractivity contribution in [3.63, 3.8) is 0 Å². The minimum atomic E-state index is -4.25. The number of hydrogen-bond donors (Lipinski definition) is 3. The van der Waals surface area contributed by atoms with Gasteiger partial charge in [-0.15, -0.1) is 0 Å². The molecule has 1 aliphatic carbocycles. The fraction of sp³-hybridized carbons (Fsp3) is 0.525. The molecule has 308 valence electrons. The molecule has 0 bridgehead atoms. The van der Waals surface area contributed by atoms with Crippen LogP contribution in [0.2, 0.25) is 0 Å². The number of hydrogen-bond acceptors (Lipinski definition) is 10. The van der Waals surface area contributed by atoms with E-state index in [1.54, 1.807) is 57.2 Å². The van der Waals surface area contributed by atoms with Gasteiger partial charge >= 0.3 is 12.2 Å². The lowest BCUT2D eigenvalue weighted by Crippen LogP contribution is -2.58. The van der Waals surface area contributed by atoms with Crippen LogP contribution in [0, 0.1) is 11.7 Å². The Morgan fingerprint density at radius 1 is 1.05 bits per heavy atom. The summed E-state index contributed by atoms with van der Waals surface area (Å²) in [6, 6.07) is 8.61. The molecule has 2 fully saturated rings. The lowest BCUT2D eigenvalue weighted by Gasteiger charge is -2.30. The second-order valence-electron chi connectivity index (χ2n) is 16.1. The Bertz CT molecular complexity index is 2040. The first-order chi connectivity index (χ1) is 27.0. The van der Waals surface area contributed by atoms with E-state index in [0.717, 1.165) is 6.42 Å². The molecule has 0 unspecified atom stereocenters. The molecule has 57 heavy (non-hydrogen) atoms. The molecule has 1 saturated heterocycles. The molecule has 5 atom stereocenters. The Kier molecular flexibility index (Phi) is 12.2. The van der Waals surface area contributed by atoms with Gasteiger partial charge in [-0.05, 0) is 75.8 Å². The summed E-state index contributed by atoms with van der Waals surface area (Å²) < 4.78 is 59.7. The van der Waals surface area contributed by atoms with Crippen LogP contribution in [0.25, 0.3) is 0 Å². The van der Waals surface area contributed by atoms with Crippen molar-refractivity contribution in [1.82, 2.24) is 25.2 Å². The zero-order valence-electron chi connectivity index (χ0n) is 32.5. The fourth-order valence-corrected chi connectivity index (χ4v) is 8.75. The van der Waals surface area contributed by atoms with E-state index in [0.29, 0.717) is 41.7 Å². The van der Waals surface area contributed by atoms with Crippen molar-refractivity contribution in [2.24, 2.45) is 5.92 Å². The minimum absolute atomic E-state index is 0.0186. The number of halogens is 1. The van der Waals surface area contributed by atoms with Crippen molar-refractivity contribution < 1.29 is 51.0 Å². The lowest BCUT2D eigenvalue weighted by atomic mass is 10.0. The molecular formula is C40H50FN5O10S. The molecule has 0 spiro atoms. The number of rotatable bonds is 7. The molecule has 0 radical (unpaired) electrons. The van der Waals surface area contributed by atoms with Crippen molar-refractivity contribution in [2.45, 2.75) is 114 Å². The van der Waals surface area contributed by atoms with Gasteiger partial charge in [-0.3, -0.25) is 24.0 Å². The minimum Gasteiger partial charge on any atom is -0.497 e. The van der Waals surface area contributed by atoms with Crippen molar-refractivity contribution in [3.8, 4) is 5.75 Å². The number of amides is 5.